The van der Waals surface area contributed by atoms with Crippen molar-refractivity contribution in [3.8, 4) is 0 Å². The van der Waals surface area contributed by atoms with Crippen LogP contribution in [0, 0.1) is 0 Å². The minimum absolute atomic E-state index is 0.101. The maximum atomic E-state index is 12.5. The molecule has 0 N–H and O–H groups in total. The molecule has 1 saturated heterocycles. The van der Waals surface area contributed by atoms with Crippen LogP contribution in [0.4, 0.5) is 5.69 Å². The molecule has 0 aliphatic carbocycles. The van der Waals surface area contributed by atoms with Crippen molar-refractivity contribution in [3.63, 3.8) is 0 Å². The van der Waals surface area contributed by atoms with Crippen LogP contribution in [-0.2, 0) is 9.53 Å². The van der Waals surface area contributed by atoms with Crippen molar-refractivity contribution in [1.82, 2.24) is 4.90 Å². The predicted molar refractivity (Wildman–Crippen MR) is 85.5 cm³/mol. The van der Waals surface area contributed by atoms with Crippen LogP contribution in [0.5, 0.6) is 0 Å². The molecule has 0 spiro atoms. The number of azide groups is 1. The lowest BCUT2D eigenvalue weighted by molar-refractivity contribution is -0.120. The third kappa shape index (κ3) is 4.53. The molecule has 8 heteroatoms. The molecular weight excluding hydrogens is 298 g/mol. The number of anilines is 1. The normalized spacial score (nSPS) is 14.8. The van der Waals surface area contributed by atoms with Gasteiger partial charge in [0.25, 0.3) is 0 Å². The highest BCUT2D eigenvalue weighted by Gasteiger charge is 2.21. The minimum Gasteiger partial charge on any atom is -0.379 e. The number of para-hydroxylation sites is 1. The van der Waals surface area contributed by atoms with E-state index in [4.69, 9.17) is 10.3 Å². The fourth-order valence-corrected chi connectivity index (χ4v) is 2.37. The Morgan fingerprint density at radius 3 is 2.74 bits per heavy atom. The molecule has 1 aromatic carbocycles. The fraction of sp³-hybridized carbons (Fsp3) is 0.467. The zero-order valence-electron chi connectivity index (χ0n) is 13.0. The lowest BCUT2D eigenvalue weighted by Crippen LogP contribution is -2.44. The highest BCUT2D eigenvalue weighted by atomic mass is 16.5. The summed E-state index contributed by atoms with van der Waals surface area (Å²) in [5.41, 5.74) is 9.23. The lowest BCUT2D eigenvalue weighted by Gasteiger charge is -2.28. The van der Waals surface area contributed by atoms with E-state index in [9.17, 15) is 9.59 Å². The monoisotopic (exact) mass is 317 g/mol. The van der Waals surface area contributed by atoms with Gasteiger partial charge in [0.1, 0.15) is 0 Å². The summed E-state index contributed by atoms with van der Waals surface area (Å²) in [5.74, 6) is -0.416. The highest BCUT2D eigenvalue weighted by Crippen LogP contribution is 2.20. The van der Waals surface area contributed by atoms with Gasteiger partial charge in [-0.3, -0.25) is 14.5 Å². The van der Waals surface area contributed by atoms with Crippen LogP contribution in [0.3, 0.4) is 0 Å². The number of hydrogen-bond acceptors (Lipinski definition) is 5. The quantitative estimate of drug-likeness (QED) is 0.343. The molecule has 1 amide bonds. The Balaban J connectivity index is 2.11. The van der Waals surface area contributed by atoms with E-state index in [1.807, 2.05) is 4.90 Å². The van der Waals surface area contributed by atoms with Gasteiger partial charge in [-0.05, 0) is 17.7 Å². The van der Waals surface area contributed by atoms with Gasteiger partial charge in [-0.2, -0.15) is 0 Å². The van der Waals surface area contributed by atoms with Gasteiger partial charge in [0.15, 0.2) is 5.78 Å². The number of morpholine rings is 1. The predicted octanol–water partition coefficient (Wildman–Crippen LogP) is 1.47. The molecule has 1 aliphatic rings. The second kappa shape index (κ2) is 8.28. The van der Waals surface area contributed by atoms with Crippen molar-refractivity contribution in [2.75, 3.05) is 51.3 Å². The number of Topliss-reactive ketones (excluding diaryl/α,β-unsaturated/α-hetero) is 1. The van der Waals surface area contributed by atoms with E-state index in [0.717, 1.165) is 13.1 Å². The second-order valence-electron chi connectivity index (χ2n) is 5.17. The number of ether oxygens (including phenoxy) is 1. The van der Waals surface area contributed by atoms with Crippen molar-refractivity contribution >= 4 is 17.4 Å². The second-order valence-corrected chi connectivity index (χ2v) is 5.17. The molecule has 23 heavy (non-hydrogen) atoms. The van der Waals surface area contributed by atoms with Crippen molar-refractivity contribution < 1.29 is 14.3 Å². The highest BCUT2D eigenvalue weighted by molar-refractivity contribution is 6.06. The third-order valence-electron chi connectivity index (χ3n) is 3.68. The SMILES string of the molecule is CN(C(=O)CN1CCOCC1)c1ccccc1C(=O)CN=[N+]=[N-]. The van der Waals surface area contributed by atoms with E-state index in [-0.39, 0.29) is 24.8 Å². The average Bonchev–Trinajstić information content (AvgIpc) is 2.59. The van der Waals surface area contributed by atoms with E-state index < -0.39 is 0 Å². The topological polar surface area (TPSA) is 98.6 Å². The standard InChI is InChI=1S/C15H19N5O3/c1-19(15(22)11-20-6-8-23-9-7-20)13-5-3-2-4-12(13)14(21)10-17-18-16/h2-5H,6-11H2,1H3. The number of hydrogen-bond donors (Lipinski definition) is 0. The number of amides is 1. The molecule has 1 aliphatic heterocycles. The fourth-order valence-electron chi connectivity index (χ4n) is 2.37. The third-order valence-corrected chi connectivity index (χ3v) is 3.68. The molecule has 0 unspecified atom stereocenters. The van der Waals surface area contributed by atoms with Crippen LogP contribution < -0.4 is 4.90 Å². The summed E-state index contributed by atoms with van der Waals surface area (Å²) in [6.07, 6.45) is 0. The van der Waals surface area contributed by atoms with Gasteiger partial charge >= 0.3 is 0 Å². The summed E-state index contributed by atoms with van der Waals surface area (Å²) in [6.45, 7) is 2.70. The molecule has 1 aromatic rings. The molecule has 1 fully saturated rings. The van der Waals surface area contributed by atoms with E-state index in [2.05, 4.69) is 10.0 Å². The Hall–Kier alpha value is -2.41. The molecule has 0 radical (unpaired) electrons. The van der Waals surface area contributed by atoms with Gasteiger partial charge < -0.3 is 9.64 Å². The van der Waals surface area contributed by atoms with E-state index >= 15 is 0 Å². The van der Waals surface area contributed by atoms with Crippen LogP contribution in [0.2, 0.25) is 0 Å². The first-order chi connectivity index (χ1) is 11.1. The van der Waals surface area contributed by atoms with Crippen molar-refractivity contribution in [2.24, 2.45) is 5.11 Å². The smallest absolute Gasteiger partial charge is 0.240 e. The molecule has 2 rings (SSSR count). The van der Waals surface area contributed by atoms with Crippen LogP contribution in [0.15, 0.2) is 29.4 Å². The van der Waals surface area contributed by atoms with Crippen molar-refractivity contribution in [2.45, 2.75) is 0 Å². The number of likely N-dealkylation sites (N-methyl/N-ethyl adjacent to an activating group) is 1. The van der Waals surface area contributed by atoms with Gasteiger partial charge in [0.2, 0.25) is 5.91 Å². The Kier molecular flexibility index (Phi) is 6.10. The Morgan fingerprint density at radius 1 is 1.35 bits per heavy atom. The molecular formula is C15H19N5O3. The maximum absolute atomic E-state index is 12.5. The van der Waals surface area contributed by atoms with Crippen LogP contribution in [0.1, 0.15) is 10.4 Å². The van der Waals surface area contributed by atoms with E-state index in [1.54, 1.807) is 31.3 Å². The minimum atomic E-state index is -0.315. The van der Waals surface area contributed by atoms with Crippen molar-refractivity contribution in [1.29, 1.82) is 0 Å². The molecule has 1 heterocycles. The van der Waals surface area contributed by atoms with E-state index in [1.165, 1.54) is 4.90 Å². The summed E-state index contributed by atoms with van der Waals surface area (Å²) in [4.78, 5) is 30.6. The largest absolute Gasteiger partial charge is 0.379 e. The summed E-state index contributed by atoms with van der Waals surface area (Å²) in [7, 11) is 1.64. The molecule has 0 atom stereocenters. The number of carbonyl (C=O) groups excluding carboxylic acids is 2. The maximum Gasteiger partial charge on any atom is 0.240 e. The van der Waals surface area contributed by atoms with Gasteiger partial charge in [-0.25, -0.2) is 0 Å². The first-order valence-electron chi connectivity index (χ1n) is 7.33. The van der Waals surface area contributed by atoms with Crippen LogP contribution in [-0.4, -0.2) is 63.0 Å². The average molecular weight is 317 g/mol. The lowest BCUT2D eigenvalue weighted by atomic mass is 10.1. The number of rotatable bonds is 6. The van der Waals surface area contributed by atoms with Gasteiger partial charge in [0.05, 0.1) is 32.0 Å². The number of nitrogens with zero attached hydrogens (tertiary/aromatic N) is 5. The zero-order valence-corrected chi connectivity index (χ0v) is 13.0. The van der Waals surface area contributed by atoms with Crippen LogP contribution in [0.25, 0.3) is 10.4 Å². The van der Waals surface area contributed by atoms with Crippen molar-refractivity contribution in [3.05, 3.63) is 40.3 Å². The van der Waals surface area contributed by atoms with Gasteiger partial charge in [-0.1, -0.05) is 17.2 Å². The van der Waals surface area contributed by atoms with Crippen LogP contribution >= 0.6 is 0 Å². The van der Waals surface area contributed by atoms with E-state index in [0.29, 0.717) is 24.5 Å². The Labute approximate surface area is 134 Å². The molecule has 0 bridgehead atoms. The Morgan fingerprint density at radius 2 is 2.04 bits per heavy atom. The summed E-state index contributed by atoms with van der Waals surface area (Å²) in [6, 6.07) is 6.81. The summed E-state index contributed by atoms with van der Waals surface area (Å²) in [5, 5.41) is 3.29. The molecule has 122 valence electrons. The first-order valence-corrected chi connectivity index (χ1v) is 7.33. The van der Waals surface area contributed by atoms with Gasteiger partial charge in [-0.15, -0.1) is 0 Å². The molecule has 0 saturated carbocycles. The molecule has 8 nitrogen and oxygen atoms in total. The number of ketones is 1. The molecule has 0 aromatic heterocycles. The van der Waals surface area contributed by atoms with Gasteiger partial charge in [0, 0.05) is 30.6 Å². The number of carbonyl (C=O) groups is 2. The zero-order chi connectivity index (χ0) is 16.7. The first kappa shape index (κ1) is 17.0. The number of benzene rings is 1. The summed E-state index contributed by atoms with van der Waals surface area (Å²) < 4.78 is 5.26. The Bertz CT molecular complexity index is 621. The summed E-state index contributed by atoms with van der Waals surface area (Å²) >= 11 is 0.